The molecule has 0 spiro atoms. The molecule has 2 aromatic rings. The fraction of sp³-hybridized carbons (Fsp3) is 0.529. The molecule has 43 heavy (non-hydrogen) atoms. The Morgan fingerprint density at radius 2 is 1.84 bits per heavy atom. The number of likely N-dealkylation sites (tertiary alicyclic amines) is 1. The zero-order valence-corrected chi connectivity index (χ0v) is 25.2. The van der Waals surface area contributed by atoms with E-state index in [4.69, 9.17) is 14.6 Å². The zero-order chi connectivity index (χ0) is 29.6. The van der Waals surface area contributed by atoms with E-state index in [0.717, 1.165) is 89.5 Å². The summed E-state index contributed by atoms with van der Waals surface area (Å²) in [6, 6.07) is 4.48. The number of fused-ring (bicyclic) bond motifs is 1. The molecule has 2 atom stereocenters. The van der Waals surface area contributed by atoms with Gasteiger partial charge in [0.2, 0.25) is 0 Å². The Kier molecular flexibility index (Phi) is 9.83. The van der Waals surface area contributed by atoms with Gasteiger partial charge in [-0.1, -0.05) is 24.3 Å². The minimum atomic E-state index is -0.211. The number of hydrogen-bond acceptors (Lipinski definition) is 6. The second-order valence-corrected chi connectivity index (χ2v) is 12.2. The Morgan fingerprint density at radius 1 is 1.07 bits per heavy atom. The highest BCUT2D eigenvalue weighted by atomic mass is 19.1. The second kappa shape index (κ2) is 14.1. The number of aryl methyl sites for hydroxylation is 1. The first-order valence-electron chi connectivity index (χ1n) is 15.8. The van der Waals surface area contributed by atoms with Gasteiger partial charge in [0.05, 0.1) is 30.9 Å². The van der Waals surface area contributed by atoms with E-state index in [1.54, 1.807) is 12.2 Å². The van der Waals surface area contributed by atoms with Crippen molar-refractivity contribution < 1.29 is 18.7 Å². The summed E-state index contributed by atoms with van der Waals surface area (Å²) in [5, 5.41) is 9.68. The maximum Gasteiger partial charge on any atom is 0.253 e. The van der Waals surface area contributed by atoms with Crippen molar-refractivity contribution in [3.05, 3.63) is 77.3 Å². The minimum Gasteiger partial charge on any atom is -0.379 e. The van der Waals surface area contributed by atoms with Gasteiger partial charge in [-0.05, 0) is 73.9 Å². The number of rotatable bonds is 10. The quantitative estimate of drug-likeness (QED) is 0.413. The van der Waals surface area contributed by atoms with Crippen LogP contribution in [0.2, 0.25) is 0 Å². The number of morpholine rings is 1. The van der Waals surface area contributed by atoms with Crippen LogP contribution in [-0.4, -0.2) is 90.2 Å². The van der Waals surface area contributed by atoms with E-state index in [0.29, 0.717) is 18.8 Å². The maximum atomic E-state index is 13.2. The van der Waals surface area contributed by atoms with E-state index >= 15 is 0 Å². The van der Waals surface area contributed by atoms with Gasteiger partial charge in [0.25, 0.3) is 5.91 Å². The average molecular weight is 590 g/mol. The molecule has 3 heterocycles. The molecule has 4 aliphatic rings. The second-order valence-electron chi connectivity index (χ2n) is 12.2. The lowest BCUT2D eigenvalue weighted by molar-refractivity contribution is -0.128. The third kappa shape index (κ3) is 7.89. The number of piperidine rings is 1. The van der Waals surface area contributed by atoms with Crippen LogP contribution in [0, 0.1) is 12.8 Å². The number of carbonyl (C=O) groups excluding carboxylic acids is 1. The predicted octanol–water partition coefficient (Wildman–Crippen LogP) is 4.46. The van der Waals surface area contributed by atoms with Crippen molar-refractivity contribution in [2.24, 2.45) is 5.92 Å². The highest BCUT2D eigenvalue weighted by Gasteiger charge is 2.26. The van der Waals surface area contributed by atoms with E-state index in [-0.39, 0.29) is 23.9 Å². The van der Waals surface area contributed by atoms with Gasteiger partial charge in [0, 0.05) is 69.5 Å². The minimum absolute atomic E-state index is 0.0902. The third-order valence-electron chi connectivity index (χ3n) is 9.05. The van der Waals surface area contributed by atoms with E-state index in [9.17, 15) is 9.18 Å². The van der Waals surface area contributed by atoms with Crippen LogP contribution in [0.25, 0.3) is 10.9 Å². The monoisotopic (exact) mass is 589 g/mol. The number of amides is 1. The lowest BCUT2D eigenvalue weighted by atomic mass is 9.95. The van der Waals surface area contributed by atoms with Crippen LogP contribution in [0.5, 0.6) is 0 Å². The standard InChI is InChI=1S/C34H44FN5O3/c1-25-20-33-29(21-28(25)22-36-12-15-38-16-18-42-19-17-38)24-40(37-33)23-26-10-13-39(14-11-26)34(41)27-2-6-31(7-3-27)43-32-8-4-30(35)5-9-32/h2-6,8,20-21,24,26,31-32,36H,7,9-19,22-23H2,1H3. The summed E-state index contributed by atoms with van der Waals surface area (Å²) in [5.41, 5.74) is 4.38. The molecule has 2 aliphatic carbocycles. The van der Waals surface area contributed by atoms with Crippen LogP contribution in [0.3, 0.4) is 0 Å². The molecule has 2 aliphatic heterocycles. The van der Waals surface area contributed by atoms with Crippen LogP contribution in [-0.2, 0) is 27.4 Å². The molecule has 2 unspecified atom stereocenters. The fourth-order valence-electron chi connectivity index (χ4n) is 6.37. The van der Waals surface area contributed by atoms with Gasteiger partial charge in [0.15, 0.2) is 0 Å². The first kappa shape index (κ1) is 29.9. The molecule has 2 fully saturated rings. The van der Waals surface area contributed by atoms with E-state index in [2.05, 4.69) is 40.2 Å². The molecule has 6 rings (SSSR count). The predicted molar refractivity (Wildman–Crippen MR) is 166 cm³/mol. The molecule has 1 amide bonds. The highest BCUT2D eigenvalue weighted by molar-refractivity contribution is 5.96. The van der Waals surface area contributed by atoms with E-state index < -0.39 is 0 Å². The lowest BCUT2D eigenvalue weighted by Crippen LogP contribution is -2.40. The van der Waals surface area contributed by atoms with Crippen LogP contribution in [0.1, 0.15) is 36.8 Å². The molecular formula is C34H44FN5O3. The van der Waals surface area contributed by atoms with E-state index in [1.165, 1.54) is 22.6 Å². The molecule has 230 valence electrons. The topological polar surface area (TPSA) is 71.9 Å². The fourth-order valence-corrected chi connectivity index (χ4v) is 6.37. The van der Waals surface area contributed by atoms with Gasteiger partial charge in [0.1, 0.15) is 5.83 Å². The zero-order valence-electron chi connectivity index (χ0n) is 25.2. The Balaban J connectivity index is 0.945. The Labute approximate surface area is 253 Å². The number of nitrogens with zero attached hydrogens (tertiary/aromatic N) is 4. The van der Waals surface area contributed by atoms with E-state index in [1.807, 2.05) is 23.1 Å². The Bertz CT molecular complexity index is 1400. The van der Waals surface area contributed by atoms with Crippen molar-refractivity contribution in [1.29, 1.82) is 0 Å². The Morgan fingerprint density at radius 3 is 2.56 bits per heavy atom. The summed E-state index contributed by atoms with van der Waals surface area (Å²) >= 11 is 0. The van der Waals surface area contributed by atoms with Crippen molar-refractivity contribution in [3.8, 4) is 0 Å². The van der Waals surface area contributed by atoms with Gasteiger partial charge in [-0.3, -0.25) is 14.4 Å². The summed E-state index contributed by atoms with van der Waals surface area (Å²) in [4.78, 5) is 17.6. The molecular weight excluding hydrogens is 545 g/mol. The lowest BCUT2D eigenvalue weighted by Gasteiger charge is -2.32. The number of benzene rings is 1. The van der Waals surface area contributed by atoms with Crippen molar-refractivity contribution in [3.63, 3.8) is 0 Å². The van der Waals surface area contributed by atoms with Crippen molar-refractivity contribution in [2.75, 3.05) is 52.5 Å². The molecule has 1 aromatic heterocycles. The number of carbonyl (C=O) groups is 1. The molecule has 1 N–H and O–H groups in total. The summed E-state index contributed by atoms with van der Waals surface area (Å²) in [6.07, 6.45) is 15.7. The van der Waals surface area contributed by atoms with Crippen molar-refractivity contribution >= 4 is 16.8 Å². The number of nitrogens with one attached hydrogen (secondary N) is 1. The number of ether oxygens (including phenoxy) is 2. The molecule has 9 heteroatoms. The SMILES string of the molecule is Cc1cc2nn(CC3CCN(C(=O)C4=CCC(OC5C=CC(F)=CC5)C=C4)CC3)cc2cc1CNCCN1CCOCC1. The van der Waals surface area contributed by atoms with Gasteiger partial charge >= 0.3 is 0 Å². The summed E-state index contributed by atoms with van der Waals surface area (Å²) < 4.78 is 26.8. The highest BCUT2D eigenvalue weighted by Crippen LogP contribution is 2.25. The average Bonchev–Trinajstić information content (AvgIpc) is 3.42. The first-order valence-corrected chi connectivity index (χ1v) is 15.8. The van der Waals surface area contributed by atoms with Crippen LogP contribution in [0.15, 0.2) is 66.2 Å². The van der Waals surface area contributed by atoms with Gasteiger partial charge in [-0.2, -0.15) is 5.10 Å². The smallest absolute Gasteiger partial charge is 0.253 e. The normalized spacial score (nSPS) is 23.5. The molecule has 0 bridgehead atoms. The molecule has 0 saturated carbocycles. The van der Waals surface area contributed by atoms with Gasteiger partial charge in [-0.25, -0.2) is 4.39 Å². The van der Waals surface area contributed by atoms with Gasteiger partial charge < -0.3 is 19.7 Å². The number of halogens is 1. The van der Waals surface area contributed by atoms with Crippen LogP contribution in [0.4, 0.5) is 4.39 Å². The summed E-state index contributed by atoms with van der Waals surface area (Å²) in [5.74, 6) is 0.385. The number of hydrogen-bond donors (Lipinski definition) is 1. The maximum absolute atomic E-state index is 13.2. The van der Waals surface area contributed by atoms with Gasteiger partial charge in [-0.15, -0.1) is 0 Å². The molecule has 1 aromatic carbocycles. The first-order chi connectivity index (χ1) is 21.0. The summed E-state index contributed by atoms with van der Waals surface area (Å²) in [6.45, 7) is 11.2. The molecule has 2 saturated heterocycles. The number of aromatic nitrogens is 2. The Hall–Kier alpha value is -3.11. The number of allylic oxidation sites excluding steroid dienone is 2. The largest absolute Gasteiger partial charge is 0.379 e. The van der Waals surface area contributed by atoms with Crippen LogP contribution < -0.4 is 5.32 Å². The van der Waals surface area contributed by atoms with Crippen molar-refractivity contribution in [2.45, 2.75) is 57.9 Å². The van der Waals surface area contributed by atoms with Crippen molar-refractivity contribution in [1.82, 2.24) is 24.9 Å². The summed E-state index contributed by atoms with van der Waals surface area (Å²) in [7, 11) is 0. The van der Waals surface area contributed by atoms with Crippen LogP contribution >= 0.6 is 0 Å². The molecule has 0 radical (unpaired) electrons. The molecule has 8 nitrogen and oxygen atoms in total. The third-order valence-corrected chi connectivity index (χ3v) is 9.05.